The Morgan fingerprint density at radius 1 is 0.792 bits per heavy atom. The van der Waals surface area contributed by atoms with Gasteiger partial charge in [0.05, 0.1) is 5.52 Å². The largest absolute Gasteiger partial charge is 0.345 e. The minimum absolute atomic E-state index is 0.307. The highest BCUT2D eigenvalue weighted by Gasteiger charge is 2.11. The number of aromatic nitrogens is 2. The molecule has 0 saturated heterocycles. The van der Waals surface area contributed by atoms with E-state index in [-0.39, 0.29) is 5.69 Å². The first kappa shape index (κ1) is 14.4. The zero-order valence-corrected chi connectivity index (χ0v) is 13.1. The number of hydrogen-bond acceptors (Lipinski definition) is 2. The Balaban J connectivity index is 1.97. The highest BCUT2D eigenvalue weighted by Crippen LogP contribution is 2.29. The van der Waals surface area contributed by atoms with Gasteiger partial charge in [-0.05, 0) is 22.8 Å². The molecule has 0 aliphatic heterocycles. The molecule has 116 valence electrons. The van der Waals surface area contributed by atoms with Crippen LogP contribution in [0.3, 0.4) is 0 Å². The maximum Gasteiger partial charge on any atom is 0.345 e. The van der Waals surface area contributed by atoms with Crippen LogP contribution in [0, 0.1) is 0 Å². The van der Waals surface area contributed by atoms with E-state index in [9.17, 15) is 4.79 Å². The van der Waals surface area contributed by atoms with Crippen molar-refractivity contribution in [1.82, 2.24) is 9.97 Å². The molecule has 1 heterocycles. The lowest BCUT2D eigenvalue weighted by Gasteiger charge is -2.11. The molecule has 0 bridgehead atoms. The van der Waals surface area contributed by atoms with Gasteiger partial charge in [-0.25, -0.2) is 4.79 Å². The number of aromatic amines is 1. The van der Waals surface area contributed by atoms with E-state index in [2.05, 4.69) is 40.3 Å². The summed E-state index contributed by atoms with van der Waals surface area (Å²) in [5.74, 6) is 0. The van der Waals surface area contributed by atoms with Gasteiger partial charge in [0.1, 0.15) is 0 Å². The molecule has 0 aliphatic rings. The molecule has 1 N–H and O–H groups in total. The molecule has 4 rings (SSSR count). The first-order valence-electron chi connectivity index (χ1n) is 7.92. The Hall–Kier alpha value is -3.20. The molecule has 24 heavy (non-hydrogen) atoms. The number of hydrogen-bond donors (Lipinski definition) is 1. The summed E-state index contributed by atoms with van der Waals surface area (Å²) >= 11 is 0. The van der Waals surface area contributed by atoms with Gasteiger partial charge in [-0.2, -0.15) is 4.98 Å². The minimum atomic E-state index is -0.307. The lowest BCUT2D eigenvalue weighted by atomic mass is 9.97. The SMILES string of the molecule is O=c1nc2cccc(-c3ccccc3)c2c(Cc2ccccc2)[nH]1. The van der Waals surface area contributed by atoms with E-state index in [0.29, 0.717) is 6.42 Å². The highest BCUT2D eigenvalue weighted by atomic mass is 16.1. The van der Waals surface area contributed by atoms with Gasteiger partial charge in [-0.3, -0.25) is 0 Å². The van der Waals surface area contributed by atoms with E-state index >= 15 is 0 Å². The van der Waals surface area contributed by atoms with Gasteiger partial charge < -0.3 is 4.98 Å². The number of benzene rings is 3. The first-order valence-corrected chi connectivity index (χ1v) is 7.92. The molecule has 3 nitrogen and oxygen atoms in total. The smallest absolute Gasteiger partial charge is 0.309 e. The fourth-order valence-corrected chi connectivity index (χ4v) is 3.07. The van der Waals surface area contributed by atoms with E-state index in [1.54, 1.807) is 0 Å². The van der Waals surface area contributed by atoms with Crippen molar-refractivity contribution in [3.63, 3.8) is 0 Å². The van der Waals surface area contributed by atoms with Crippen LogP contribution in [-0.2, 0) is 6.42 Å². The van der Waals surface area contributed by atoms with Gasteiger partial charge >= 0.3 is 5.69 Å². The van der Waals surface area contributed by atoms with Crippen LogP contribution in [0.4, 0.5) is 0 Å². The topological polar surface area (TPSA) is 45.8 Å². The zero-order chi connectivity index (χ0) is 16.4. The second-order valence-electron chi connectivity index (χ2n) is 5.75. The zero-order valence-electron chi connectivity index (χ0n) is 13.1. The molecule has 3 aromatic carbocycles. The summed E-state index contributed by atoms with van der Waals surface area (Å²) in [5, 5.41) is 1.01. The van der Waals surface area contributed by atoms with Crippen molar-refractivity contribution in [1.29, 1.82) is 0 Å². The van der Waals surface area contributed by atoms with Gasteiger partial charge in [0.2, 0.25) is 0 Å². The first-order chi connectivity index (χ1) is 11.8. The number of nitrogens with zero attached hydrogens (tertiary/aromatic N) is 1. The van der Waals surface area contributed by atoms with E-state index in [1.165, 1.54) is 0 Å². The fraction of sp³-hybridized carbons (Fsp3) is 0.0476. The van der Waals surface area contributed by atoms with Gasteiger partial charge in [0, 0.05) is 17.5 Å². The van der Waals surface area contributed by atoms with Crippen LogP contribution < -0.4 is 5.69 Å². The normalized spacial score (nSPS) is 10.8. The Bertz CT molecular complexity index is 1040. The third-order valence-electron chi connectivity index (χ3n) is 4.13. The molecule has 1 aromatic heterocycles. The molecule has 0 radical (unpaired) electrons. The highest BCUT2D eigenvalue weighted by molar-refractivity contribution is 5.96. The monoisotopic (exact) mass is 312 g/mol. The molecular weight excluding hydrogens is 296 g/mol. The molecule has 0 unspecified atom stereocenters. The Labute approximate surface area is 139 Å². The van der Waals surface area contributed by atoms with Crippen molar-refractivity contribution in [2.45, 2.75) is 6.42 Å². The van der Waals surface area contributed by atoms with Crippen LogP contribution in [0.15, 0.2) is 83.7 Å². The molecule has 0 amide bonds. The lowest BCUT2D eigenvalue weighted by molar-refractivity contribution is 1.01. The second kappa shape index (κ2) is 6.13. The summed E-state index contributed by atoms with van der Waals surface area (Å²) < 4.78 is 0. The Kier molecular flexibility index (Phi) is 3.67. The lowest BCUT2D eigenvalue weighted by Crippen LogP contribution is -2.14. The maximum absolute atomic E-state index is 12.0. The van der Waals surface area contributed by atoms with Crippen LogP contribution in [0.1, 0.15) is 11.3 Å². The van der Waals surface area contributed by atoms with Crippen LogP contribution in [0.5, 0.6) is 0 Å². The summed E-state index contributed by atoms with van der Waals surface area (Å²) in [6.45, 7) is 0. The molecule has 0 spiro atoms. The van der Waals surface area contributed by atoms with Crippen molar-refractivity contribution < 1.29 is 0 Å². The molecule has 3 heteroatoms. The van der Waals surface area contributed by atoms with Crippen molar-refractivity contribution in [2.75, 3.05) is 0 Å². The van der Waals surface area contributed by atoms with Crippen molar-refractivity contribution >= 4 is 10.9 Å². The standard InChI is InChI=1S/C21H16N2O/c24-21-22-18-13-7-12-17(16-10-5-2-6-11-16)20(18)19(23-21)14-15-8-3-1-4-9-15/h1-13H,14H2,(H,22,23,24). The average Bonchev–Trinajstić information content (AvgIpc) is 2.62. The molecule has 0 saturated carbocycles. The van der Waals surface area contributed by atoms with E-state index in [1.807, 2.05) is 48.5 Å². The van der Waals surface area contributed by atoms with Crippen molar-refractivity contribution in [2.24, 2.45) is 0 Å². The van der Waals surface area contributed by atoms with Crippen molar-refractivity contribution in [3.05, 3.63) is 101 Å². The molecule has 0 atom stereocenters. The quantitative estimate of drug-likeness (QED) is 0.617. The van der Waals surface area contributed by atoms with Crippen LogP contribution in [-0.4, -0.2) is 9.97 Å². The number of nitrogens with one attached hydrogen (secondary N) is 1. The van der Waals surface area contributed by atoms with Crippen LogP contribution >= 0.6 is 0 Å². The molecule has 4 aromatic rings. The third-order valence-corrected chi connectivity index (χ3v) is 4.13. The summed E-state index contributed by atoms with van der Waals surface area (Å²) in [6.07, 6.45) is 0.666. The maximum atomic E-state index is 12.0. The van der Waals surface area contributed by atoms with Crippen LogP contribution in [0.2, 0.25) is 0 Å². The fourth-order valence-electron chi connectivity index (χ4n) is 3.07. The van der Waals surface area contributed by atoms with Gasteiger partial charge in [-0.1, -0.05) is 72.8 Å². The summed E-state index contributed by atoms with van der Waals surface area (Å²) in [6, 6.07) is 26.2. The summed E-state index contributed by atoms with van der Waals surface area (Å²) in [5.41, 5.74) is 4.68. The Morgan fingerprint density at radius 2 is 1.50 bits per heavy atom. The van der Waals surface area contributed by atoms with E-state index in [4.69, 9.17) is 0 Å². The average molecular weight is 312 g/mol. The number of rotatable bonds is 3. The number of fused-ring (bicyclic) bond motifs is 1. The van der Waals surface area contributed by atoms with E-state index < -0.39 is 0 Å². The van der Waals surface area contributed by atoms with Gasteiger partial charge in [0.25, 0.3) is 0 Å². The van der Waals surface area contributed by atoms with E-state index in [0.717, 1.165) is 33.3 Å². The molecule has 0 aliphatic carbocycles. The minimum Gasteiger partial charge on any atom is -0.309 e. The van der Waals surface area contributed by atoms with Gasteiger partial charge in [0.15, 0.2) is 0 Å². The predicted molar refractivity (Wildman–Crippen MR) is 97.0 cm³/mol. The number of H-pyrrole nitrogens is 1. The summed E-state index contributed by atoms with van der Waals surface area (Å²) in [7, 11) is 0. The molecule has 0 fully saturated rings. The third kappa shape index (κ3) is 2.72. The molecular formula is C21H16N2O. The predicted octanol–water partition coefficient (Wildman–Crippen LogP) is 4.18. The summed E-state index contributed by atoms with van der Waals surface area (Å²) in [4.78, 5) is 19.1. The second-order valence-corrected chi connectivity index (χ2v) is 5.75. The van der Waals surface area contributed by atoms with Gasteiger partial charge in [-0.15, -0.1) is 0 Å². The van der Waals surface area contributed by atoms with Crippen LogP contribution in [0.25, 0.3) is 22.0 Å². The van der Waals surface area contributed by atoms with Crippen molar-refractivity contribution in [3.8, 4) is 11.1 Å². The Morgan fingerprint density at radius 3 is 2.25 bits per heavy atom.